The zero-order valence-corrected chi connectivity index (χ0v) is 13.3. The van der Waals surface area contributed by atoms with E-state index in [1.807, 2.05) is 16.7 Å². The summed E-state index contributed by atoms with van der Waals surface area (Å²) in [6, 6.07) is 10.0. The first-order valence-corrected chi connectivity index (χ1v) is 8.42. The maximum absolute atomic E-state index is 13.2. The molecule has 7 heteroatoms. The molecule has 1 atom stereocenters. The predicted octanol–water partition coefficient (Wildman–Crippen LogP) is 3.18. The van der Waals surface area contributed by atoms with Gasteiger partial charge in [-0.05, 0) is 35.9 Å². The van der Waals surface area contributed by atoms with Gasteiger partial charge in [0, 0.05) is 18.1 Å². The Morgan fingerprint density at radius 1 is 1.25 bits per heavy atom. The topological polar surface area (TPSA) is 59.8 Å². The summed E-state index contributed by atoms with van der Waals surface area (Å²) >= 11 is 1.52. The van der Waals surface area contributed by atoms with Crippen LogP contribution >= 0.6 is 11.8 Å². The zero-order chi connectivity index (χ0) is 16.5. The average molecular weight is 340 g/mol. The summed E-state index contributed by atoms with van der Waals surface area (Å²) in [4.78, 5) is 20.5. The maximum atomic E-state index is 13.2. The Labute approximate surface area is 141 Å². The monoisotopic (exact) mass is 340 g/mol. The Morgan fingerprint density at radius 2 is 2.08 bits per heavy atom. The summed E-state index contributed by atoms with van der Waals surface area (Å²) in [5, 5.41) is 2.74. The van der Waals surface area contributed by atoms with E-state index in [-0.39, 0.29) is 17.0 Å². The predicted molar refractivity (Wildman–Crippen MR) is 90.7 cm³/mol. The normalized spacial score (nSPS) is 17.0. The maximum Gasteiger partial charge on any atom is 0.235 e. The first-order valence-electron chi connectivity index (χ1n) is 7.37. The molecule has 0 radical (unpaired) electrons. The van der Waals surface area contributed by atoms with Crippen molar-refractivity contribution >= 4 is 23.5 Å². The van der Waals surface area contributed by atoms with Gasteiger partial charge < -0.3 is 5.32 Å². The van der Waals surface area contributed by atoms with E-state index in [1.54, 1.807) is 30.9 Å². The van der Waals surface area contributed by atoms with Crippen molar-refractivity contribution in [2.24, 2.45) is 0 Å². The third-order valence-corrected chi connectivity index (χ3v) is 5.04. The van der Waals surface area contributed by atoms with Crippen LogP contribution in [0.25, 0.3) is 5.69 Å². The number of hydrogen-bond acceptors (Lipinski definition) is 4. The van der Waals surface area contributed by atoms with Crippen molar-refractivity contribution in [3.05, 3.63) is 72.2 Å². The molecule has 4 rings (SSSR count). The van der Waals surface area contributed by atoms with Crippen molar-refractivity contribution in [2.75, 3.05) is 11.1 Å². The fraction of sp³-hybridized carbons (Fsp3) is 0.118. The van der Waals surface area contributed by atoms with E-state index < -0.39 is 0 Å². The van der Waals surface area contributed by atoms with Crippen molar-refractivity contribution in [3.8, 4) is 5.69 Å². The zero-order valence-electron chi connectivity index (χ0n) is 12.5. The van der Waals surface area contributed by atoms with Crippen molar-refractivity contribution in [3.63, 3.8) is 0 Å². The first-order chi connectivity index (χ1) is 11.7. The lowest BCUT2D eigenvalue weighted by Crippen LogP contribution is -2.12. The molecular weight excluding hydrogens is 327 g/mol. The van der Waals surface area contributed by atoms with Gasteiger partial charge in [0.15, 0.2) is 5.82 Å². The number of aromatic nitrogens is 3. The number of thioether (sulfide) groups is 1. The van der Waals surface area contributed by atoms with Gasteiger partial charge in [0.05, 0.1) is 16.7 Å². The van der Waals surface area contributed by atoms with Gasteiger partial charge in [-0.3, -0.25) is 14.3 Å². The molecule has 1 aliphatic heterocycles. The molecule has 0 fully saturated rings. The molecule has 0 spiro atoms. The quantitative estimate of drug-likeness (QED) is 0.778. The summed E-state index contributed by atoms with van der Waals surface area (Å²) in [5.41, 5.74) is 2.63. The molecule has 3 heterocycles. The Balaban J connectivity index is 1.87. The fourth-order valence-corrected chi connectivity index (χ4v) is 3.81. The van der Waals surface area contributed by atoms with Crippen LogP contribution in [-0.2, 0) is 4.79 Å². The molecular formula is C17H13FN4OS. The van der Waals surface area contributed by atoms with Gasteiger partial charge in [-0.2, -0.15) is 0 Å². The number of rotatable bonds is 2. The molecule has 0 bridgehead atoms. The Bertz CT molecular complexity index is 879. The number of nitrogens with one attached hydrogen (secondary N) is 1. The van der Waals surface area contributed by atoms with Crippen molar-refractivity contribution in [1.82, 2.24) is 14.5 Å². The van der Waals surface area contributed by atoms with Crippen LogP contribution in [0.4, 0.5) is 10.2 Å². The van der Waals surface area contributed by atoms with Crippen LogP contribution in [0.2, 0.25) is 0 Å². The van der Waals surface area contributed by atoms with Gasteiger partial charge in [0.1, 0.15) is 12.1 Å². The van der Waals surface area contributed by atoms with Crippen molar-refractivity contribution in [2.45, 2.75) is 5.25 Å². The second kappa shape index (κ2) is 6.09. The van der Waals surface area contributed by atoms with Crippen LogP contribution in [0.1, 0.15) is 16.5 Å². The molecule has 24 heavy (non-hydrogen) atoms. The molecule has 5 nitrogen and oxygen atoms in total. The number of amides is 1. The van der Waals surface area contributed by atoms with E-state index >= 15 is 0 Å². The van der Waals surface area contributed by atoms with Crippen LogP contribution in [0.15, 0.2) is 55.1 Å². The number of halogens is 1. The van der Waals surface area contributed by atoms with Gasteiger partial charge in [-0.15, -0.1) is 11.8 Å². The van der Waals surface area contributed by atoms with Crippen molar-refractivity contribution in [1.29, 1.82) is 0 Å². The highest BCUT2D eigenvalue weighted by atomic mass is 32.2. The average Bonchev–Trinajstić information content (AvgIpc) is 2.92. The van der Waals surface area contributed by atoms with E-state index in [4.69, 9.17) is 0 Å². The van der Waals surface area contributed by atoms with Crippen molar-refractivity contribution < 1.29 is 9.18 Å². The summed E-state index contributed by atoms with van der Waals surface area (Å²) in [7, 11) is 0. The molecule has 1 aliphatic rings. The third-order valence-electron chi connectivity index (χ3n) is 3.78. The number of carbonyl (C=O) groups excluding carboxylic acids is 1. The molecule has 0 unspecified atom stereocenters. The Hall–Kier alpha value is -2.67. The molecule has 0 saturated heterocycles. The number of carbonyl (C=O) groups is 1. The largest absolute Gasteiger partial charge is 0.308 e. The summed E-state index contributed by atoms with van der Waals surface area (Å²) in [5.74, 6) is 0.482. The van der Waals surface area contributed by atoms with Crippen LogP contribution < -0.4 is 5.32 Å². The van der Waals surface area contributed by atoms with E-state index in [2.05, 4.69) is 15.3 Å². The fourth-order valence-electron chi connectivity index (χ4n) is 2.70. The molecule has 2 aromatic heterocycles. The molecule has 3 aromatic rings. The standard InChI is InChI=1S/C17H13FN4OS/c18-12-3-5-13(6-4-12)22-10-20-17-15(22)16(24-9-14(23)21-17)11-2-1-7-19-8-11/h1-8,10,16H,9H2,(H,21,23)/t16-/m0/s1. The van der Waals surface area contributed by atoms with E-state index in [0.717, 1.165) is 16.9 Å². The van der Waals surface area contributed by atoms with E-state index in [9.17, 15) is 9.18 Å². The number of fused-ring (bicyclic) bond motifs is 1. The van der Waals surface area contributed by atoms with Gasteiger partial charge in [-0.1, -0.05) is 6.07 Å². The van der Waals surface area contributed by atoms with Crippen LogP contribution in [-0.4, -0.2) is 26.2 Å². The minimum Gasteiger partial charge on any atom is -0.308 e. The van der Waals surface area contributed by atoms with Gasteiger partial charge >= 0.3 is 0 Å². The summed E-state index contributed by atoms with van der Waals surface area (Å²) in [6.07, 6.45) is 5.15. The molecule has 1 amide bonds. The Morgan fingerprint density at radius 3 is 2.83 bits per heavy atom. The lowest BCUT2D eigenvalue weighted by molar-refractivity contribution is -0.113. The minimum absolute atomic E-state index is 0.0861. The van der Waals surface area contributed by atoms with Crippen LogP contribution in [0.5, 0.6) is 0 Å². The smallest absolute Gasteiger partial charge is 0.235 e. The van der Waals surface area contributed by atoms with Gasteiger partial charge in [0.25, 0.3) is 0 Å². The lowest BCUT2D eigenvalue weighted by Gasteiger charge is -2.17. The van der Waals surface area contributed by atoms with Gasteiger partial charge in [-0.25, -0.2) is 9.37 Å². The van der Waals surface area contributed by atoms with Crippen LogP contribution in [0.3, 0.4) is 0 Å². The summed E-state index contributed by atoms with van der Waals surface area (Å²) in [6.45, 7) is 0. The highest BCUT2D eigenvalue weighted by Crippen LogP contribution is 2.41. The molecule has 1 aromatic carbocycles. The van der Waals surface area contributed by atoms with E-state index in [1.165, 1.54) is 23.9 Å². The highest BCUT2D eigenvalue weighted by molar-refractivity contribution is 8.00. The molecule has 1 N–H and O–H groups in total. The molecule has 0 saturated carbocycles. The first kappa shape index (κ1) is 14.9. The molecule has 0 aliphatic carbocycles. The lowest BCUT2D eigenvalue weighted by atomic mass is 10.1. The number of hydrogen-bond donors (Lipinski definition) is 1. The van der Waals surface area contributed by atoms with Gasteiger partial charge in [0.2, 0.25) is 5.91 Å². The third kappa shape index (κ3) is 2.67. The number of anilines is 1. The second-order valence-electron chi connectivity index (χ2n) is 5.35. The summed E-state index contributed by atoms with van der Waals surface area (Å²) < 4.78 is 15.1. The highest BCUT2D eigenvalue weighted by Gasteiger charge is 2.29. The molecule has 120 valence electrons. The Kier molecular flexibility index (Phi) is 3.78. The number of benzene rings is 1. The van der Waals surface area contributed by atoms with E-state index in [0.29, 0.717) is 11.6 Å². The number of imidazole rings is 1. The second-order valence-corrected chi connectivity index (χ2v) is 6.44. The number of pyridine rings is 1. The SMILES string of the molecule is O=C1CS[C@@H](c2cccnc2)c2c(ncn2-c2ccc(F)cc2)N1. The minimum atomic E-state index is -0.295. The number of nitrogens with zero attached hydrogens (tertiary/aromatic N) is 3. The van der Waals surface area contributed by atoms with Crippen LogP contribution in [0, 0.1) is 5.82 Å².